The van der Waals surface area contributed by atoms with Gasteiger partial charge in [-0.2, -0.15) is 5.26 Å². The first-order valence-electron chi connectivity index (χ1n) is 10.5. The lowest BCUT2D eigenvalue weighted by molar-refractivity contribution is -0.122. The minimum absolute atomic E-state index is 0.108. The summed E-state index contributed by atoms with van der Waals surface area (Å²) in [7, 11) is 1.69. The summed E-state index contributed by atoms with van der Waals surface area (Å²) in [6.07, 6.45) is 3.90. The second-order valence-electron chi connectivity index (χ2n) is 8.16. The van der Waals surface area contributed by atoms with E-state index in [1.54, 1.807) is 24.9 Å². The molecule has 4 rings (SSSR count). The third-order valence-corrected chi connectivity index (χ3v) is 7.36. The third-order valence-electron chi connectivity index (χ3n) is 5.98. The van der Waals surface area contributed by atoms with E-state index < -0.39 is 0 Å². The molecule has 2 saturated heterocycles. The average molecular weight is 465 g/mol. The number of benzene rings is 1. The van der Waals surface area contributed by atoms with Gasteiger partial charge in [-0.3, -0.25) is 19.1 Å². The third kappa shape index (κ3) is 3.98. The molecule has 0 atom stereocenters. The van der Waals surface area contributed by atoms with Gasteiger partial charge in [0, 0.05) is 25.7 Å². The van der Waals surface area contributed by atoms with Gasteiger partial charge in [0.05, 0.1) is 11.4 Å². The van der Waals surface area contributed by atoms with Crippen LogP contribution in [0.4, 0.5) is 5.82 Å². The van der Waals surface area contributed by atoms with Crippen LogP contribution in [0.15, 0.2) is 34.0 Å². The topological polar surface area (TPSA) is 69.3 Å². The van der Waals surface area contributed by atoms with Gasteiger partial charge in [0.1, 0.15) is 21.8 Å². The summed E-state index contributed by atoms with van der Waals surface area (Å²) in [6, 6.07) is 10.1. The molecule has 0 aliphatic carbocycles. The maximum Gasteiger partial charge on any atom is 0.270 e. The number of hydrogen-bond acceptors (Lipinski definition) is 6. The maximum atomic E-state index is 13.2. The number of pyridine rings is 1. The molecule has 1 amide bonds. The van der Waals surface area contributed by atoms with Crippen molar-refractivity contribution in [2.45, 2.75) is 33.2 Å². The van der Waals surface area contributed by atoms with Gasteiger partial charge in [0.25, 0.3) is 11.5 Å². The fourth-order valence-electron chi connectivity index (χ4n) is 4.17. The normalized spacial score (nSPS) is 17.5. The Morgan fingerprint density at radius 2 is 1.81 bits per heavy atom. The van der Waals surface area contributed by atoms with E-state index in [0.717, 1.165) is 48.4 Å². The highest BCUT2D eigenvalue weighted by Gasteiger charge is 2.33. The van der Waals surface area contributed by atoms with Crippen LogP contribution in [0.5, 0.6) is 0 Å². The van der Waals surface area contributed by atoms with Crippen LogP contribution in [-0.4, -0.2) is 32.8 Å². The summed E-state index contributed by atoms with van der Waals surface area (Å²) in [4.78, 5) is 30.3. The number of amides is 1. The molecule has 2 fully saturated rings. The molecule has 2 aliphatic heterocycles. The van der Waals surface area contributed by atoms with Gasteiger partial charge in [-0.15, -0.1) is 0 Å². The summed E-state index contributed by atoms with van der Waals surface area (Å²) in [5.41, 5.74) is 3.30. The van der Waals surface area contributed by atoms with Crippen molar-refractivity contribution < 1.29 is 4.79 Å². The van der Waals surface area contributed by atoms with Crippen LogP contribution in [-0.2, 0) is 18.4 Å². The van der Waals surface area contributed by atoms with Gasteiger partial charge < -0.3 is 4.90 Å². The van der Waals surface area contributed by atoms with E-state index in [9.17, 15) is 14.9 Å². The molecule has 0 spiro atoms. The number of thioether (sulfide) groups is 1. The summed E-state index contributed by atoms with van der Waals surface area (Å²) >= 11 is 6.78. The Kier molecular flexibility index (Phi) is 6.22. The number of aryl methyl sites for hydroxylation is 1. The summed E-state index contributed by atoms with van der Waals surface area (Å²) in [5, 5.41) is 9.59. The van der Waals surface area contributed by atoms with Crippen molar-refractivity contribution in [2.75, 3.05) is 18.0 Å². The van der Waals surface area contributed by atoms with Crippen LogP contribution < -0.4 is 10.5 Å². The van der Waals surface area contributed by atoms with Crippen LogP contribution in [0.3, 0.4) is 0 Å². The first-order chi connectivity index (χ1) is 15.3. The predicted molar refractivity (Wildman–Crippen MR) is 132 cm³/mol. The van der Waals surface area contributed by atoms with E-state index >= 15 is 0 Å². The van der Waals surface area contributed by atoms with Crippen LogP contribution in [0.25, 0.3) is 6.08 Å². The largest absolute Gasteiger partial charge is 0.357 e. The molecule has 0 saturated carbocycles. The number of hydrogen-bond donors (Lipinski definition) is 0. The van der Waals surface area contributed by atoms with Gasteiger partial charge >= 0.3 is 0 Å². The minimum Gasteiger partial charge on any atom is -0.357 e. The van der Waals surface area contributed by atoms with Crippen LogP contribution in [0, 0.1) is 25.2 Å². The lowest BCUT2D eigenvalue weighted by Crippen LogP contribution is -2.31. The van der Waals surface area contributed by atoms with E-state index in [-0.39, 0.29) is 17.0 Å². The number of aromatic nitrogens is 1. The number of rotatable bonds is 4. The predicted octanol–water partition coefficient (Wildman–Crippen LogP) is 3.88. The molecule has 1 aromatic carbocycles. The van der Waals surface area contributed by atoms with Crippen LogP contribution in [0.1, 0.15) is 40.7 Å². The van der Waals surface area contributed by atoms with E-state index in [1.807, 2.05) is 37.3 Å². The van der Waals surface area contributed by atoms with Crippen LogP contribution in [0.2, 0.25) is 0 Å². The van der Waals surface area contributed by atoms with Gasteiger partial charge in [0.15, 0.2) is 0 Å². The highest BCUT2D eigenvalue weighted by molar-refractivity contribution is 8.26. The maximum absolute atomic E-state index is 13.2. The van der Waals surface area contributed by atoms with Crippen molar-refractivity contribution in [1.29, 1.82) is 5.26 Å². The zero-order valence-electron chi connectivity index (χ0n) is 18.3. The zero-order valence-corrected chi connectivity index (χ0v) is 20.0. The minimum atomic E-state index is -0.309. The molecule has 8 heteroatoms. The summed E-state index contributed by atoms with van der Waals surface area (Å²) in [6.45, 7) is 5.89. The average Bonchev–Trinajstić information content (AvgIpc) is 3.38. The molecule has 3 heterocycles. The number of carbonyl (C=O) groups is 1. The Morgan fingerprint density at radius 1 is 1.16 bits per heavy atom. The lowest BCUT2D eigenvalue weighted by Gasteiger charge is -2.25. The van der Waals surface area contributed by atoms with Crippen molar-refractivity contribution in [1.82, 2.24) is 9.47 Å². The zero-order chi connectivity index (χ0) is 23.0. The molecule has 2 aliphatic rings. The molecule has 0 radical (unpaired) electrons. The van der Waals surface area contributed by atoms with Gasteiger partial charge in [-0.25, -0.2) is 0 Å². The number of thiocarbonyl (C=S) groups is 1. The van der Waals surface area contributed by atoms with Crippen molar-refractivity contribution in [3.63, 3.8) is 0 Å². The molecule has 1 aromatic heterocycles. The fraction of sp³-hybridized carbons (Fsp3) is 0.333. The second-order valence-corrected chi connectivity index (χ2v) is 9.84. The molecule has 2 aromatic rings. The molecule has 6 nitrogen and oxygen atoms in total. The molecule has 0 N–H and O–H groups in total. The van der Waals surface area contributed by atoms with Crippen molar-refractivity contribution in [3.05, 3.63) is 67.3 Å². The Labute approximate surface area is 197 Å². The monoisotopic (exact) mass is 464 g/mol. The lowest BCUT2D eigenvalue weighted by atomic mass is 10.0. The molecular formula is C24H24N4O2S2. The highest BCUT2D eigenvalue weighted by atomic mass is 32.2. The number of anilines is 1. The molecule has 0 bridgehead atoms. The highest BCUT2D eigenvalue weighted by Crippen LogP contribution is 2.37. The Balaban J connectivity index is 1.76. The Morgan fingerprint density at radius 3 is 2.44 bits per heavy atom. The summed E-state index contributed by atoms with van der Waals surface area (Å²) < 4.78 is 2.04. The first-order valence-corrected chi connectivity index (χ1v) is 11.7. The SMILES string of the molecule is Cc1ccc(CN2C(=O)/C(=C/c3c(C)c(C#N)c(=O)n(C)c3N3CCCC3)SC2=S)cc1. The van der Waals surface area contributed by atoms with Gasteiger partial charge in [-0.1, -0.05) is 53.8 Å². The molecule has 164 valence electrons. The quantitative estimate of drug-likeness (QED) is 0.505. The molecular weight excluding hydrogens is 440 g/mol. The number of nitriles is 1. The van der Waals surface area contributed by atoms with Crippen molar-refractivity contribution in [3.8, 4) is 6.07 Å². The standard InChI is InChI=1S/C24H24N4O2S2/c1-15-6-8-17(9-7-15)14-28-23(30)20(32-24(28)31)12-18-16(2)19(13-25)22(29)26(3)21(18)27-10-4-5-11-27/h6-9,12H,4-5,10-11,14H2,1-3H3/b20-12-. The van der Waals surface area contributed by atoms with Crippen molar-refractivity contribution >= 4 is 46.1 Å². The molecule has 0 unspecified atom stereocenters. The van der Waals surface area contributed by atoms with Crippen LogP contribution >= 0.6 is 24.0 Å². The smallest absolute Gasteiger partial charge is 0.270 e. The van der Waals surface area contributed by atoms with E-state index in [1.165, 1.54) is 16.3 Å². The van der Waals surface area contributed by atoms with E-state index in [0.29, 0.717) is 21.3 Å². The van der Waals surface area contributed by atoms with E-state index in [2.05, 4.69) is 4.90 Å². The molecule has 32 heavy (non-hydrogen) atoms. The first kappa shape index (κ1) is 22.3. The van der Waals surface area contributed by atoms with Gasteiger partial charge in [-0.05, 0) is 43.9 Å². The van der Waals surface area contributed by atoms with Gasteiger partial charge in [0.2, 0.25) is 0 Å². The van der Waals surface area contributed by atoms with Crippen molar-refractivity contribution in [2.24, 2.45) is 7.05 Å². The number of carbonyl (C=O) groups excluding carboxylic acids is 1. The Hall–Kier alpha value is -2.89. The number of nitrogens with zero attached hydrogens (tertiary/aromatic N) is 4. The second kappa shape index (κ2) is 8.93. The Bertz CT molecular complexity index is 1230. The van der Waals surface area contributed by atoms with E-state index in [4.69, 9.17) is 12.2 Å². The fourth-order valence-corrected chi connectivity index (χ4v) is 5.40. The summed E-state index contributed by atoms with van der Waals surface area (Å²) in [5.74, 6) is 0.604.